The third-order valence-electron chi connectivity index (χ3n) is 5.81. The predicted molar refractivity (Wildman–Crippen MR) is 119 cm³/mol. The fourth-order valence-corrected chi connectivity index (χ4v) is 4.91. The molecule has 6 nitrogen and oxygen atoms in total. The Hall–Kier alpha value is -2.50. The van der Waals surface area contributed by atoms with Gasteiger partial charge in [0.05, 0.1) is 24.4 Å². The van der Waals surface area contributed by atoms with Gasteiger partial charge in [0.2, 0.25) is 10.0 Å². The molecule has 1 aliphatic rings. The van der Waals surface area contributed by atoms with Crippen LogP contribution in [0.2, 0.25) is 0 Å². The molecule has 0 aliphatic carbocycles. The van der Waals surface area contributed by atoms with Crippen LogP contribution in [0.25, 0.3) is 11.1 Å². The van der Waals surface area contributed by atoms with Crippen molar-refractivity contribution < 1.29 is 35.9 Å². The maximum absolute atomic E-state index is 15.4. The van der Waals surface area contributed by atoms with Crippen molar-refractivity contribution >= 4 is 15.9 Å². The molecule has 2 aromatic rings. The van der Waals surface area contributed by atoms with E-state index in [0.717, 1.165) is 11.0 Å². The summed E-state index contributed by atoms with van der Waals surface area (Å²) in [7, 11) is -3.89. The molecule has 1 heterocycles. The van der Waals surface area contributed by atoms with Crippen LogP contribution in [0.3, 0.4) is 0 Å². The quantitative estimate of drug-likeness (QED) is 0.570. The molecule has 1 amide bonds. The van der Waals surface area contributed by atoms with Gasteiger partial charge in [0.25, 0.3) is 5.91 Å². The summed E-state index contributed by atoms with van der Waals surface area (Å²) in [6.07, 6.45) is -2.15. The summed E-state index contributed by atoms with van der Waals surface area (Å²) in [4.78, 5) is 13.8. The Morgan fingerprint density at radius 2 is 1.71 bits per heavy atom. The van der Waals surface area contributed by atoms with Crippen molar-refractivity contribution in [2.45, 2.75) is 51.0 Å². The average molecular weight is 503 g/mol. The molecular formula is C23H26F4N2O4S. The number of carbonyl (C=O) groups is 1. The summed E-state index contributed by atoms with van der Waals surface area (Å²) in [5.74, 6) is -4.51. The van der Waals surface area contributed by atoms with Crippen LogP contribution in [0.1, 0.15) is 26.3 Å². The van der Waals surface area contributed by atoms with Crippen molar-refractivity contribution in [1.82, 2.24) is 9.62 Å². The molecule has 34 heavy (non-hydrogen) atoms. The van der Waals surface area contributed by atoms with Crippen molar-refractivity contribution in [3.05, 3.63) is 59.4 Å². The number of sulfonamides is 1. The second-order valence-electron chi connectivity index (χ2n) is 8.73. The minimum Gasteiger partial charge on any atom is -0.381 e. The molecule has 0 bridgehead atoms. The summed E-state index contributed by atoms with van der Waals surface area (Å²) in [5, 5.41) is 10.2. The van der Waals surface area contributed by atoms with Gasteiger partial charge in [0.15, 0.2) is 11.6 Å². The van der Waals surface area contributed by atoms with Gasteiger partial charge in [-0.15, -0.1) is 0 Å². The zero-order valence-corrected chi connectivity index (χ0v) is 19.7. The van der Waals surface area contributed by atoms with E-state index in [1.165, 1.54) is 51.1 Å². The first-order chi connectivity index (χ1) is 15.8. The van der Waals surface area contributed by atoms with Crippen LogP contribution in [-0.2, 0) is 21.2 Å². The summed E-state index contributed by atoms with van der Waals surface area (Å²) in [6.45, 7) is 3.26. The molecule has 1 fully saturated rings. The van der Waals surface area contributed by atoms with Crippen molar-refractivity contribution in [1.29, 1.82) is 0 Å². The molecule has 1 saturated heterocycles. The van der Waals surface area contributed by atoms with Crippen molar-refractivity contribution in [3.8, 4) is 11.1 Å². The highest BCUT2D eigenvalue weighted by Gasteiger charge is 2.48. The smallest absolute Gasteiger partial charge is 0.254 e. The summed E-state index contributed by atoms with van der Waals surface area (Å²) >= 11 is 0. The lowest BCUT2D eigenvalue weighted by molar-refractivity contribution is -0.149. The number of hydrogen-bond donors (Lipinski definition) is 2. The van der Waals surface area contributed by atoms with Gasteiger partial charge in [0.1, 0.15) is 17.6 Å². The number of hydrogen-bond acceptors (Lipinski definition) is 4. The topological polar surface area (TPSA) is 86.7 Å². The third kappa shape index (κ3) is 5.26. The third-order valence-corrected chi connectivity index (χ3v) is 7.20. The molecule has 0 spiro atoms. The molecular weight excluding hydrogens is 476 g/mol. The monoisotopic (exact) mass is 502 g/mol. The predicted octanol–water partition coefficient (Wildman–Crippen LogP) is 2.94. The SMILES string of the molecule is CCS(=O)(=O)N[C@H]1[C@@H](F)CN(C(=O)C(C)(C)O)[C@H]1Cc1cccc(-c2cccc(F)c2F)c1F. The Morgan fingerprint density at radius 3 is 2.29 bits per heavy atom. The normalized spacial score (nSPS) is 21.2. The van der Waals surface area contributed by atoms with Crippen LogP contribution < -0.4 is 4.72 Å². The molecule has 0 unspecified atom stereocenters. The van der Waals surface area contributed by atoms with Crippen LogP contribution >= 0.6 is 0 Å². The van der Waals surface area contributed by atoms with E-state index in [9.17, 15) is 31.5 Å². The second kappa shape index (κ2) is 9.63. The van der Waals surface area contributed by atoms with Crippen LogP contribution in [0.4, 0.5) is 17.6 Å². The van der Waals surface area contributed by atoms with E-state index in [4.69, 9.17) is 0 Å². The standard InChI is InChI=1S/C23H26F4N2O4S/c1-4-34(32,33)28-21-17(25)12-29(22(30)23(2,3)31)18(21)11-13-7-5-8-14(19(13)26)15-9-6-10-16(24)20(15)27/h5-10,17-18,21,28,31H,4,11-12H2,1-3H3/t17-,18-,21-/m0/s1. The van der Waals surface area contributed by atoms with Gasteiger partial charge in [-0.25, -0.2) is 30.7 Å². The molecule has 3 atom stereocenters. The zero-order valence-electron chi connectivity index (χ0n) is 18.9. The fraction of sp³-hybridized carbons (Fsp3) is 0.435. The molecule has 3 rings (SSSR count). The van der Waals surface area contributed by atoms with E-state index in [-0.39, 0.29) is 28.9 Å². The molecule has 0 saturated carbocycles. The van der Waals surface area contributed by atoms with Gasteiger partial charge in [-0.2, -0.15) is 0 Å². The van der Waals surface area contributed by atoms with Gasteiger partial charge >= 0.3 is 0 Å². The number of nitrogens with one attached hydrogen (secondary N) is 1. The first-order valence-corrected chi connectivity index (χ1v) is 12.3. The molecule has 2 N–H and O–H groups in total. The van der Waals surface area contributed by atoms with E-state index in [1.807, 2.05) is 0 Å². The fourth-order valence-electron chi connectivity index (χ4n) is 4.02. The van der Waals surface area contributed by atoms with E-state index in [2.05, 4.69) is 4.72 Å². The highest BCUT2D eigenvalue weighted by atomic mass is 32.2. The van der Waals surface area contributed by atoms with Crippen molar-refractivity contribution in [3.63, 3.8) is 0 Å². The Labute approximate surface area is 195 Å². The molecule has 0 radical (unpaired) electrons. The highest BCUT2D eigenvalue weighted by molar-refractivity contribution is 7.89. The number of halogens is 4. The van der Waals surface area contributed by atoms with Gasteiger partial charge in [-0.3, -0.25) is 4.79 Å². The van der Waals surface area contributed by atoms with E-state index < -0.39 is 63.8 Å². The summed E-state index contributed by atoms with van der Waals surface area (Å²) in [5.41, 5.74) is -2.51. The lowest BCUT2D eigenvalue weighted by Crippen LogP contribution is -2.53. The first kappa shape index (κ1) is 26.1. The molecule has 1 aliphatic heterocycles. The highest BCUT2D eigenvalue weighted by Crippen LogP contribution is 2.32. The number of amides is 1. The number of carbonyl (C=O) groups excluding carboxylic acids is 1. The summed E-state index contributed by atoms with van der Waals surface area (Å²) < 4.78 is 84.9. The number of nitrogens with zero attached hydrogens (tertiary/aromatic N) is 1. The average Bonchev–Trinajstić information content (AvgIpc) is 3.05. The van der Waals surface area contributed by atoms with Crippen LogP contribution in [-0.4, -0.2) is 60.5 Å². The van der Waals surface area contributed by atoms with Crippen molar-refractivity contribution in [2.24, 2.45) is 0 Å². The van der Waals surface area contributed by atoms with Gasteiger partial charge in [-0.05, 0) is 38.8 Å². The number of benzene rings is 2. The Bertz CT molecular complexity index is 1180. The molecule has 11 heteroatoms. The van der Waals surface area contributed by atoms with Crippen LogP contribution in [0.15, 0.2) is 36.4 Å². The van der Waals surface area contributed by atoms with E-state index in [1.54, 1.807) is 0 Å². The number of rotatable bonds is 7. The minimum absolute atomic E-state index is 0.0606. The second-order valence-corrected chi connectivity index (χ2v) is 10.8. The molecule has 2 aromatic carbocycles. The maximum Gasteiger partial charge on any atom is 0.254 e. The number of alkyl halides is 1. The Balaban J connectivity index is 2.05. The minimum atomic E-state index is -3.89. The lowest BCUT2D eigenvalue weighted by atomic mass is 9.95. The molecule has 0 aromatic heterocycles. The largest absolute Gasteiger partial charge is 0.381 e. The van der Waals surface area contributed by atoms with Gasteiger partial charge < -0.3 is 10.0 Å². The van der Waals surface area contributed by atoms with Crippen LogP contribution in [0.5, 0.6) is 0 Å². The first-order valence-electron chi connectivity index (χ1n) is 10.7. The summed E-state index contributed by atoms with van der Waals surface area (Å²) in [6, 6.07) is 4.72. The van der Waals surface area contributed by atoms with E-state index in [0.29, 0.717) is 0 Å². The van der Waals surface area contributed by atoms with Gasteiger partial charge in [-0.1, -0.05) is 30.3 Å². The lowest BCUT2D eigenvalue weighted by Gasteiger charge is -2.32. The van der Waals surface area contributed by atoms with E-state index >= 15 is 4.39 Å². The van der Waals surface area contributed by atoms with Crippen LogP contribution in [0, 0.1) is 17.5 Å². The Morgan fingerprint density at radius 1 is 1.12 bits per heavy atom. The van der Waals surface area contributed by atoms with Crippen molar-refractivity contribution in [2.75, 3.05) is 12.3 Å². The maximum atomic E-state index is 15.4. The molecule has 186 valence electrons. The Kier molecular flexibility index (Phi) is 7.40. The zero-order chi connectivity index (χ0) is 25.4. The van der Waals surface area contributed by atoms with Gasteiger partial charge in [0, 0.05) is 11.1 Å². The number of aliphatic hydroxyl groups is 1. The number of likely N-dealkylation sites (tertiary alicyclic amines) is 1.